The Hall–Kier alpha value is -5.41. The van der Waals surface area contributed by atoms with Crippen LogP contribution in [0.4, 0.5) is 34.1 Å². The van der Waals surface area contributed by atoms with E-state index in [-0.39, 0.29) is 5.78 Å². The summed E-state index contributed by atoms with van der Waals surface area (Å²) in [7, 11) is 0. The maximum absolute atomic E-state index is 14.2. The van der Waals surface area contributed by atoms with Crippen LogP contribution in [0.25, 0.3) is 0 Å². The van der Waals surface area contributed by atoms with Crippen molar-refractivity contribution in [3.05, 3.63) is 181 Å². The third kappa shape index (κ3) is 5.01. The van der Waals surface area contributed by atoms with E-state index in [1.54, 1.807) is 0 Å². The Kier molecular flexibility index (Phi) is 7.19. The van der Waals surface area contributed by atoms with Gasteiger partial charge in [-0.15, -0.1) is 0 Å². The standard InChI is InChI=1S/C37H28N2O/c40-37(29-17-6-1-7-18-29)34-27-16-28-35(38(30-19-8-2-9-20-30)31-21-10-3-11-22-31)36(34)39(32-23-12-4-13-24-32)33-25-14-5-15-26-33/h1-28H. The molecule has 0 bridgehead atoms. The van der Waals surface area contributed by atoms with Crippen LogP contribution in [0.1, 0.15) is 15.9 Å². The molecule has 0 unspecified atom stereocenters. The monoisotopic (exact) mass is 516 g/mol. The second-order valence-electron chi connectivity index (χ2n) is 9.38. The highest BCUT2D eigenvalue weighted by Crippen LogP contribution is 2.47. The number of anilines is 6. The molecule has 0 aliphatic heterocycles. The second kappa shape index (κ2) is 11.5. The molecule has 3 heteroatoms. The summed E-state index contributed by atoms with van der Waals surface area (Å²) in [6.07, 6.45) is 0. The Morgan fingerprint density at radius 2 is 0.750 bits per heavy atom. The Bertz CT molecular complexity index is 1610. The SMILES string of the molecule is O=C(c1ccccc1)c1cccc(N(c2ccccc2)c2ccccc2)c1N(c1ccccc1)c1ccccc1. The molecule has 0 heterocycles. The molecular weight excluding hydrogens is 488 g/mol. The third-order valence-electron chi connectivity index (χ3n) is 6.82. The van der Waals surface area contributed by atoms with Crippen molar-refractivity contribution in [2.24, 2.45) is 0 Å². The first kappa shape index (κ1) is 24.9. The zero-order chi connectivity index (χ0) is 27.1. The van der Waals surface area contributed by atoms with Crippen molar-refractivity contribution in [1.82, 2.24) is 0 Å². The van der Waals surface area contributed by atoms with E-state index < -0.39 is 0 Å². The number of ketones is 1. The van der Waals surface area contributed by atoms with Gasteiger partial charge in [0.25, 0.3) is 0 Å². The van der Waals surface area contributed by atoms with Gasteiger partial charge in [-0.25, -0.2) is 0 Å². The summed E-state index contributed by atoms with van der Waals surface area (Å²) in [5.41, 5.74) is 6.89. The van der Waals surface area contributed by atoms with Gasteiger partial charge >= 0.3 is 0 Å². The Morgan fingerprint density at radius 1 is 0.375 bits per heavy atom. The van der Waals surface area contributed by atoms with E-state index in [4.69, 9.17) is 0 Å². The molecule has 0 saturated carbocycles. The second-order valence-corrected chi connectivity index (χ2v) is 9.38. The van der Waals surface area contributed by atoms with Crippen LogP contribution < -0.4 is 9.80 Å². The maximum atomic E-state index is 14.2. The molecule has 192 valence electrons. The van der Waals surface area contributed by atoms with E-state index in [9.17, 15) is 4.79 Å². The van der Waals surface area contributed by atoms with Gasteiger partial charge in [0.15, 0.2) is 5.78 Å². The molecule has 6 aromatic carbocycles. The lowest BCUT2D eigenvalue weighted by Gasteiger charge is -2.34. The lowest BCUT2D eigenvalue weighted by molar-refractivity contribution is 0.103. The Morgan fingerprint density at radius 3 is 1.18 bits per heavy atom. The highest BCUT2D eigenvalue weighted by molar-refractivity contribution is 6.15. The molecule has 6 aromatic rings. The van der Waals surface area contributed by atoms with Crippen molar-refractivity contribution in [1.29, 1.82) is 0 Å². The fraction of sp³-hybridized carbons (Fsp3) is 0. The first-order valence-electron chi connectivity index (χ1n) is 13.3. The summed E-state index contributed by atoms with van der Waals surface area (Å²) in [6, 6.07) is 56.5. The summed E-state index contributed by atoms with van der Waals surface area (Å²) >= 11 is 0. The van der Waals surface area contributed by atoms with Crippen molar-refractivity contribution in [3.8, 4) is 0 Å². The number of rotatable bonds is 8. The van der Waals surface area contributed by atoms with Crippen molar-refractivity contribution in [3.63, 3.8) is 0 Å². The molecule has 0 spiro atoms. The summed E-state index contributed by atoms with van der Waals surface area (Å²) in [6.45, 7) is 0. The number of benzene rings is 6. The number of carbonyl (C=O) groups is 1. The topological polar surface area (TPSA) is 23.6 Å². The van der Waals surface area contributed by atoms with E-state index in [1.807, 2.05) is 115 Å². The molecule has 0 fully saturated rings. The van der Waals surface area contributed by atoms with Gasteiger partial charge in [0.05, 0.1) is 11.4 Å². The molecule has 0 N–H and O–H groups in total. The number of hydrogen-bond donors (Lipinski definition) is 0. The Balaban J connectivity index is 1.69. The first-order valence-corrected chi connectivity index (χ1v) is 13.3. The van der Waals surface area contributed by atoms with Gasteiger partial charge in [-0.05, 0) is 60.7 Å². The zero-order valence-corrected chi connectivity index (χ0v) is 22.0. The van der Waals surface area contributed by atoms with Crippen LogP contribution >= 0.6 is 0 Å². The lowest BCUT2D eigenvalue weighted by atomic mass is 9.98. The van der Waals surface area contributed by atoms with Crippen LogP contribution in [0.2, 0.25) is 0 Å². The van der Waals surface area contributed by atoms with Crippen molar-refractivity contribution >= 4 is 39.9 Å². The fourth-order valence-corrected chi connectivity index (χ4v) is 5.02. The number of carbonyl (C=O) groups excluding carboxylic acids is 1. The number of nitrogens with zero attached hydrogens (tertiary/aromatic N) is 2. The summed E-state index contributed by atoms with van der Waals surface area (Å²) < 4.78 is 0. The van der Waals surface area contributed by atoms with Crippen molar-refractivity contribution < 1.29 is 4.79 Å². The van der Waals surface area contributed by atoms with Crippen LogP contribution in [0.3, 0.4) is 0 Å². The average molecular weight is 517 g/mol. The van der Waals surface area contributed by atoms with Gasteiger partial charge < -0.3 is 9.80 Å². The van der Waals surface area contributed by atoms with Gasteiger partial charge in [-0.3, -0.25) is 4.79 Å². The predicted molar refractivity (Wildman–Crippen MR) is 166 cm³/mol. The van der Waals surface area contributed by atoms with Gasteiger partial charge in [0.2, 0.25) is 0 Å². The van der Waals surface area contributed by atoms with Crippen molar-refractivity contribution in [2.45, 2.75) is 0 Å². The molecule has 0 atom stereocenters. The number of para-hydroxylation sites is 5. The molecule has 0 aromatic heterocycles. The van der Waals surface area contributed by atoms with E-state index in [0.29, 0.717) is 11.1 Å². The van der Waals surface area contributed by atoms with Crippen molar-refractivity contribution in [2.75, 3.05) is 9.80 Å². The molecule has 0 aliphatic rings. The molecular formula is C37H28N2O. The molecule has 6 rings (SSSR count). The van der Waals surface area contributed by atoms with Gasteiger partial charge in [0.1, 0.15) is 0 Å². The first-order chi connectivity index (χ1) is 19.8. The van der Waals surface area contributed by atoms with Gasteiger partial charge in [-0.2, -0.15) is 0 Å². The van der Waals surface area contributed by atoms with Gasteiger partial charge in [0, 0.05) is 33.9 Å². The summed E-state index contributed by atoms with van der Waals surface area (Å²) in [4.78, 5) is 18.6. The molecule has 0 amide bonds. The quantitative estimate of drug-likeness (QED) is 0.188. The zero-order valence-electron chi connectivity index (χ0n) is 22.0. The van der Waals surface area contributed by atoms with Crippen LogP contribution in [0, 0.1) is 0 Å². The number of hydrogen-bond acceptors (Lipinski definition) is 3. The van der Waals surface area contributed by atoms with E-state index >= 15 is 0 Å². The minimum Gasteiger partial charge on any atom is -0.308 e. The summed E-state index contributed by atoms with van der Waals surface area (Å²) in [5, 5.41) is 0. The Labute approximate surface area is 235 Å². The van der Waals surface area contributed by atoms with Crippen LogP contribution in [0.5, 0.6) is 0 Å². The van der Waals surface area contributed by atoms with E-state index in [2.05, 4.69) is 64.4 Å². The minimum absolute atomic E-state index is 0.0321. The molecule has 40 heavy (non-hydrogen) atoms. The van der Waals surface area contributed by atoms with Crippen LogP contribution in [-0.4, -0.2) is 5.78 Å². The third-order valence-corrected chi connectivity index (χ3v) is 6.82. The van der Waals surface area contributed by atoms with E-state index in [1.165, 1.54) is 0 Å². The van der Waals surface area contributed by atoms with Crippen LogP contribution in [0.15, 0.2) is 170 Å². The highest BCUT2D eigenvalue weighted by atomic mass is 16.1. The van der Waals surface area contributed by atoms with E-state index in [0.717, 1.165) is 34.1 Å². The molecule has 0 radical (unpaired) electrons. The average Bonchev–Trinajstić information content (AvgIpc) is 3.04. The summed E-state index contributed by atoms with van der Waals surface area (Å²) in [5.74, 6) is -0.0321. The smallest absolute Gasteiger partial charge is 0.195 e. The van der Waals surface area contributed by atoms with Crippen LogP contribution in [-0.2, 0) is 0 Å². The maximum Gasteiger partial charge on any atom is 0.195 e. The fourth-order valence-electron chi connectivity index (χ4n) is 5.02. The highest BCUT2D eigenvalue weighted by Gasteiger charge is 2.27. The molecule has 3 nitrogen and oxygen atoms in total. The molecule has 0 aliphatic carbocycles. The molecule has 0 saturated heterocycles. The lowest BCUT2D eigenvalue weighted by Crippen LogP contribution is -2.20. The minimum atomic E-state index is -0.0321. The predicted octanol–water partition coefficient (Wildman–Crippen LogP) is 9.86. The largest absolute Gasteiger partial charge is 0.308 e. The normalized spacial score (nSPS) is 10.6. The van der Waals surface area contributed by atoms with Gasteiger partial charge in [-0.1, -0.05) is 109 Å².